The zero-order valence-electron chi connectivity index (χ0n) is 14.3. The fraction of sp³-hybridized carbons (Fsp3) is 0.529. The van der Waals surface area contributed by atoms with Crippen LogP contribution >= 0.6 is 0 Å². The van der Waals surface area contributed by atoms with Gasteiger partial charge in [0, 0.05) is 45.9 Å². The van der Waals surface area contributed by atoms with Crippen LogP contribution in [0.2, 0.25) is 0 Å². The van der Waals surface area contributed by atoms with Crippen LogP contribution in [0.3, 0.4) is 0 Å². The van der Waals surface area contributed by atoms with Crippen molar-refractivity contribution >= 4 is 11.6 Å². The maximum Gasteiger partial charge on any atom is 0.255 e. The number of hydrogen-bond acceptors (Lipinski definition) is 6. The minimum Gasteiger partial charge on any atom is -0.426 e. The highest BCUT2D eigenvalue weighted by Gasteiger charge is 2.28. The lowest BCUT2D eigenvalue weighted by Gasteiger charge is -2.18. The summed E-state index contributed by atoms with van der Waals surface area (Å²) in [6, 6.07) is 2.03. The van der Waals surface area contributed by atoms with Gasteiger partial charge in [0.15, 0.2) is 0 Å². The predicted molar refractivity (Wildman–Crippen MR) is 89.9 cm³/mol. The molecule has 0 aliphatic heterocycles. The molecule has 0 aromatic carbocycles. The number of nitrogens with zero attached hydrogens (tertiary/aromatic N) is 4. The number of nitrogens with one attached hydrogen (secondary N) is 1. The van der Waals surface area contributed by atoms with Crippen molar-refractivity contribution in [1.82, 2.24) is 20.5 Å². The van der Waals surface area contributed by atoms with E-state index in [0.29, 0.717) is 23.3 Å². The van der Waals surface area contributed by atoms with E-state index in [0.717, 1.165) is 31.4 Å². The number of carbonyl (C=O) groups excluding carboxylic acids is 1. The fourth-order valence-corrected chi connectivity index (χ4v) is 3.27. The number of hydrogen-bond donors (Lipinski definition) is 1. The second-order valence-electron chi connectivity index (χ2n) is 6.56. The third kappa shape index (κ3) is 3.72. The molecule has 3 rings (SSSR count). The minimum absolute atomic E-state index is 0.0638. The lowest BCUT2D eigenvalue weighted by atomic mass is 10.0. The largest absolute Gasteiger partial charge is 0.426 e. The van der Waals surface area contributed by atoms with E-state index in [1.54, 1.807) is 19.3 Å². The summed E-state index contributed by atoms with van der Waals surface area (Å²) in [6.45, 7) is 1.80. The van der Waals surface area contributed by atoms with Gasteiger partial charge in [-0.15, -0.1) is 10.2 Å². The van der Waals surface area contributed by atoms with Crippen molar-refractivity contribution in [3.05, 3.63) is 35.8 Å². The summed E-state index contributed by atoms with van der Waals surface area (Å²) in [6.07, 6.45) is 7.07. The Kier molecular flexibility index (Phi) is 4.78. The molecule has 7 nitrogen and oxygen atoms in total. The molecule has 128 valence electrons. The molecule has 0 bridgehead atoms. The Morgan fingerprint density at radius 3 is 2.92 bits per heavy atom. The Morgan fingerprint density at radius 1 is 1.38 bits per heavy atom. The first-order valence-corrected chi connectivity index (χ1v) is 8.24. The van der Waals surface area contributed by atoms with E-state index in [2.05, 4.69) is 20.5 Å². The lowest BCUT2D eigenvalue weighted by Crippen LogP contribution is -2.34. The van der Waals surface area contributed by atoms with Gasteiger partial charge in [-0.1, -0.05) is 0 Å². The van der Waals surface area contributed by atoms with Crippen LogP contribution in [-0.2, 0) is 6.42 Å². The van der Waals surface area contributed by atoms with Gasteiger partial charge in [-0.25, -0.2) is 0 Å². The topological polar surface area (TPSA) is 84.2 Å². The summed E-state index contributed by atoms with van der Waals surface area (Å²) in [4.78, 5) is 18.6. The number of pyridine rings is 1. The van der Waals surface area contributed by atoms with Gasteiger partial charge >= 0.3 is 0 Å². The summed E-state index contributed by atoms with van der Waals surface area (Å²) in [5, 5.41) is 11.1. The molecule has 1 amide bonds. The van der Waals surface area contributed by atoms with Crippen molar-refractivity contribution in [2.75, 3.05) is 19.0 Å². The average molecular weight is 329 g/mol. The van der Waals surface area contributed by atoms with Crippen molar-refractivity contribution in [3.63, 3.8) is 0 Å². The smallest absolute Gasteiger partial charge is 0.255 e. The molecule has 2 atom stereocenters. The summed E-state index contributed by atoms with van der Waals surface area (Å²) in [7, 11) is 3.84. The molecule has 0 spiro atoms. The van der Waals surface area contributed by atoms with Crippen LogP contribution in [0.25, 0.3) is 0 Å². The van der Waals surface area contributed by atoms with Gasteiger partial charge in [0.25, 0.3) is 5.91 Å². The van der Waals surface area contributed by atoms with Crippen LogP contribution in [0.4, 0.5) is 5.69 Å². The number of rotatable bonds is 5. The van der Waals surface area contributed by atoms with Gasteiger partial charge in [0.1, 0.15) is 0 Å². The summed E-state index contributed by atoms with van der Waals surface area (Å²) in [5.41, 5.74) is 1.48. The Bertz CT molecular complexity index is 713. The highest BCUT2D eigenvalue weighted by molar-refractivity contribution is 5.99. The summed E-state index contributed by atoms with van der Waals surface area (Å²) >= 11 is 0. The molecule has 2 aromatic rings. The molecular weight excluding hydrogens is 306 g/mol. The number of anilines is 1. The Balaban J connectivity index is 1.58. The van der Waals surface area contributed by atoms with Gasteiger partial charge in [0.05, 0.1) is 11.3 Å². The number of carbonyl (C=O) groups is 1. The molecule has 1 fully saturated rings. The van der Waals surface area contributed by atoms with Crippen molar-refractivity contribution in [3.8, 4) is 0 Å². The molecule has 2 heterocycles. The minimum atomic E-state index is -0.0638. The Hall–Kier alpha value is -2.44. The van der Waals surface area contributed by atoms with E-state index < -0.39 is 0 Å². The second kappa shape index (κ2) is 6.98. The monoisotopic (exact) mass is 329 g/mol. The first-order valence-electron chi connectivity index (χ1n) is 8.24. The summed E-state index contributed by atoms with van der Waals surface area (Å²) in [5.74, 6) is 1.69. The van der Waals surface area contributed by atoms with Crippen molar-refractivity contribution in [1.29, 1.82) is 0 Å². The molecular formula is C17H23N5O2. The molecule has 1 N–H and O–H groups in total. The van der Waals surface area contributed by atoms with Crippen LogP contribution < -0.4 is 10.2 Å². The Labute approximate surface area is 141 Å². The van der Waals surface area contributed by atoms with E-state index >= 15 is 0 Å². The van der Waals surface area contributed by atoms with Gasteiger partial charge in [-0.2, -0.15) is 0 Å². The average Bonchev–Trinajstić information content (AvgIpc) is 3.16. The standard InChI is InChI=1S/C17H23N5O2/c1-11-20-21-16(24-11)9-12-4-5-13(8-12)19-17(23)14-10-18-7-6-15(14)22(2)3/h6-7,10,12-13H,4-5,8-9H2,1-3H3,(H,19,23)/t12-,13+/m1/s1. The van der Waals surface area contributed by atoms with E-state index in [4.69, 9.17) is 4.42 Å². The van der Waals surface area contributed by atoms with Crippen molar-refractivity contribution in [2.24, 2.45) is 5.92 Å². The van der Waals surface area contributed by atoms with Gasteiger partial charge in [-0.3, -0.25) is 9.78 Å². The molecule has 24 heavy (non-hydrogen) atoms. The molecule has 7 heteroatoms. The van der Waals surface area contributed by atoms with Crippen molar-refractivity contribution in [2.45, 2.75) is 38.6 Å². The first kappa shape index (κ1) is 16.4. The SMILES string of the molecule is Cc1nnc(C[C@@H]2CC[C@H](NC(=O)c3cnccc3N(C)C)C2)o1. The number of amides is 1. The predicted octanol–water partition coefficient (Wildman–Crippen LogP) is 1.98. The number of aryl methyl sites for hydroxylation is 1. The van der Waals surface area contributed by atoms with E-state index in [1.807, 2.05) is 25.1 Å². The van der Waals surface area contributed by atoms with Crippen LogP contribution in [0.1, 0.15) is 41.4 Å². The maximum absolute atomic E-state index is 12.6. The normalized spacial score (nSPS) is 20.1. The first-order chi connectivity index (χ1) is 11.5. The van der Waals surface area contributed by atoms with Crippen LogP contribution in [0, 0.1) is 12.8 Å². The highest BCUT2D eigenvalue weighted by atomic mass is 16.4. The van der Waals surface area contributed by atoms with Crippen LogP contribution in [-0.4, -0.2) is 41.2 Å². The highest BCUT2D eigenvalue weighted by Crippen LogP contribution is 2.29. The van der Waals surface area contributed by atoms with E-state index in [1.165, 1.54) is 0 Å². The molecule has 0 radical (unpaired) electrons. The molecule has 1 aliphatic rings. The number of aromatic nitrogens is 3. The maximum atomic E-state index is 12.6. The van der Waals surface area contributed by atoms with Gasteiger partial charge in [-0.05, 0) is 31.2 Å². The van der Waals surface area contributed by atoms with E-state index in [-0.39, 0.29) is 11.9 Å². The zero-order valence-corrected chi connectivity index (χ0v) is 14.3. The van der Waals surface area contributed by atoms with Crippen LogP contribution in [0.5, 0.6) is 0 Å². The molecule has 1 aliphatic carbocycles. The third-order valence-electron chi connectivity index (χ3n) is 4.43. The fourth-order valence-electron chi connectivity index (χ4n) is 3.27. The second-order valence-corrected chi connectivity index (χ2v) is 6.56. The lowest BCUT2D eigenvalue weighted by molar-refractivity contribution is 0.0937. The zero-order chi connectivity index (χ0) is 17.1. The molecule has 0 unspecified atom stereocenters. The molecule has 1 saturated carbocycles. The van der Waals surface area contributed by atoms with Gasteiger partial charge < -0.3 is 14.6 Å². The summed E-state index contributed by atoms with van der Waals surface area (Å²) < 4.78 is 5.45. The van der Waals surface area contributed by atoms with Crippen molar-refractivity contribution < 1.29 is 9.21 Å². The van der Waals surface area contributed by atoms with Gasteiger partial charge in [0.2, 0.25) is 11.8 Å². The third-order valence-corrected chi connectivity index (χ3v) is 4.43. The quantitative estimate of drug-likeness (QED) is 0.903. The van der Waals surface area contributed by atoms with E-state index in [9.17, 15) is 4.79 Å². The Morgan fingerprint density at radius 2 is 2.21 bits per heavy atom. The molecule has 0 saturated heterocycles. The molecule has 2 aromatic heterocycles. The van der Waals surface area contributed by atoms with Crippen LogP contribution in [0.15, 0.2) is 22.9 Å².